The molecule has 29 heavy (non-hydrogen) atoms. The highest BCUT2D eigenvalue weighted by Crippen LogP contribution is 2.22. The van der Waals surface area contributed by atoms with Crippen molar-refractivity contribution in [2.75, 3.05) is 0 Å². The fraction of sp³-hybridized carbons (Fsp3) is 0.333. The molecule has 3 aromatic rings. The number of aryl methyl sites for hydroxylation is 2. The van der Waals surface area contributed by atoms with E-state index in [1.165, 1.54) is 12.1 Å². The summed E-state index contributed by atoms with van der Waals surface area (Å²) in [7, 11) is 0. The van der Waals surface area contributed by atoms with Crippen molar-refractivity contribution in [3.63, 3.8) is 0 Å². The quantitative estimate of drug-likeness (QED) is 0.465. The molecule has 0 spiro atoms. The molecule has 1 unspecified atom stereocenters. The highest BCUT2D eigenvalue weighted by molar-refractivity contribution is 6.06. The summed E-state index contributed by atoms with van der Waals surface area (Å²) < 4.78 is 18.5. The number of aromatic nitrogens is 3. The monoisotopic (exact) mass is 397 g/mol. The average molecular weight is 397 g/mol. The van der Waals surface area contributed by atoms with Gasteiger partial charge in [-0.3, -0.25) is 9.89 Å². The first-order chi connectivity index (χ1) is 13.9. The fourth-order valence-corrected chi connectivity index (χ4v) is 2.81. The van der Waals surface area contributed by atoms with Crippen molar-refractivity contribution >= 4 is 17.6 Å². The number of carbonyl (C=O) groups excluding carboxylic acids is 1. The molecule has 8 heteroatoms. The van der Waals surface area contributed by atoms with Gasteiger partial charge in [0.2, 0.25) is 0 Å². The van der Waals surface area contributed by atoms with Gasteiger partial charge >= 0.3 is 0 Å². The third-order valence-electron chi connectivity index (χ3n) is 4.58. The van der Waals surface area contributed by atoms with E-state index < -0.39 is 0 Å². The van der Waals surface area contributed by atoms with Crippen LogP contribution in [0.2, 0.25) is 0 Å². The highest BCUT2D eigenvalue weighted by Gasteiger charge is 2.18. The number of nitrogens with zero attached hydrogens (tertiary/aromatic N) is 3. The maximum Gasteiger partial charge on any atom is 0.278 e. The zero-order chi connectivity index (χ0) is 21.0. The molecule has 152 valence electrons. The van der Waals surface area contributed by atoms with E-state index in [4.69, 9.17) is 4.42 Å². The van der Waals surface area contributed by atoms with E-state index in [-0.39, 0.29) is 17.4 Å². The third kappa shape index (κ3) is 5.16. The molecule has 0 aliphatic rings. The summed E-state index contributed by atoms with van der Waals surface area (Å²) in [5.41, 5.74) is 1.75. The minimum absolute atomic E-state index is 0.244. The van der Waals surface area contributed by atoms with Crippen LogP contribution in [0, 0.1) is 25.6 Å². The predicted molar refractivity (Wildman–Crippen MR) is 109 cm³/mol. The Morgan fingerprint density at radius 1 is 1.31 bits per heavy atom. The van der Waals surface area contributed by atoms with Crippen LogP contribution in [0.5, 0.6) is 0 Å². The molecule has 2 heterocycles. The second-order valence-corrected chi connectivity index (χ2v) is 7.01. The van der Waals surface area contributed by atoms with Gasteiger partial charge in [-0.15, -0.1) is 0 Å². The minimum Gasteiger partial charge on any atom is -0.445 e. The molecule has 0 bridgehead atoms. The van der Waals surface area contributed by atoms with Gasteiger partial charge in [-0.2, -0.15) is 5.10 Å². The molecule has 2 N–H and O–H groups in total. The van der Waals surface area contributed by atoms with Crippen molar-refractivity contribution in [2.45, 2.75) is 40.5 Å². The van der Waals surface area contributed by atoms with Crippen molar-refractivity contribution in [1.82, 2.24) is 20.5 Å². The molecule has 1 aromatic carbocycles. The summed E-state index contributed by atoms with van der Waals surface area (Å²) in [5, 5.41) is 9.93. The van der Waals surface area contributed by atoms with Crippen LogP contribution in [0.25, 0.3) is 11.3 Å². The smallest absolute Gasteiger partial charge is 0.278 e. The molecule has 1 amide bonds. The second-order valence-electron chi connectivity index (χ2n) is 7.01. The van der Waals surface area contributed by atoms with Crippen molar-refractivity contribution < 1.29 is 13.6 Å². The lowest BCUT2D eigenvalue weighted by molar-refractivity contribution is 0.0970. The zero-order valence-electron chi connectivity index (χ0n) is 16.9. The van der Waals surface area contributed by atoms with E-state index in [9.17, 15) is 9.18 Å². The maximum absolute atomic E-state index is 13.1. The van der Waals surface area contributed by atoms with E-state index >= 15 is 0 Å². The van der Waals surface area contributed by atoms with Crippen LogP contribution in [-0.4, -0.2) is 26.9 Å². The Morgan fingerprint density at radius 3 is 2.66 bits per heavy atom. The molecule has 0 fully saturated rings. The van der Waals surface area contributed by atoms with Crippen LogP contribution >= 0.6 is 0 Å². The summed E-state index contributed by atoms with van der Waals surface area (Å²) in [6.45, 7) is 7.56. The minimum atomic E-state index is -0.365. The van der Waals surface area contributed by atoms with Crippen LogP contribution in [0.1, 0.15) is 48.8 Å². The largest absolute Gasteiger partial charge is 0.445 e. The SMILES string of the molecule is CCC(C)CC(=Nc1cc(-c2ccc(F)cc2)[nH]n1)NC(=O)c1nc(C)oc1C. The summed E-state index contributed by atoms with van der Waals surface area (Å²) in [6.07, 6.45) is 1.52. The first-order valence-corrected chi connectivity index (χ1v) is 9.50. The van der Waals surface area contributed by atoms with Crippen LogP contribution in [0.4, 0.5) is 10.2 Å². The molecule has 7 nitrogen and oxygen atoms in total. The molecule has 0 saturated carbocycles. The summed E-state index contributed by atoms with van der Waals surface area (Å²) in [6, 6.07) is 7.84. The molecular weight excluding hydrogens is 373 g/mol. The summed E-state index contributed by atoms with van der Waals surface area (Å²) >= 11 is 0. The van der Waals surface area contributed by atoms with Crippen LogP contribution in [-0.2, 0) is 0 Å². The van der Waals surface area contributed by atoms with E-state index in [2.05, 4.69) is 39.3 Å². The number of carbonyl (C=O) groups is 1. The first-order valence-electron chi connectivity index (χ1n) is 9.50. The number of rotatable bonds is 6. The summed E-state index contributed by atoms with van der Waals surface area (Å²) in [4.78, 5) is 21.3. The van der Waals surface area contributed by atoms with Gasteiger partial charge in [-0.05, 0) is 42.7 Å². The topological polar surface area (TPSA) is 96.2 Å². The number of oxazole rings is 1. The summed E-state index contributed by atoms with van der Waals surface area (Å²) in [5.74, 6) is 1.48. The Morgan fingerprint density at radius 2 is 2.03 bits per heavy atom. The van der Waals surface area contributed by atoms with Gasteiger partial charge in [-0.1, -0.05) is 20.3 Å². The van der Waals surface area contributed by atoms with Crippen LogP contribution in [0.15, 0.2) is 39.7 Å². The van der Waals surface area contributed by atoms with Gasteiger partial charge in [0.1, 0.15) is 17.4 Å². The molecule has 0 aliphatic heterocycles. The molecule has 1 atom stereocenters. The van der Waals surface area contributed by atoms with E-state index in [0.29, 0.717) is 41.3 Å². The molecule has 3 rings (SSSR count). The molecule has 2 aromatic heterocycles. The average Bonchev–Trinajstić information content (AvgIpc) is 3.28. The first kappa shape index (κ1) is 20.4. The fourth-order valence-electron chi connectivity index (χ4n) is 2.81. The van der Waals surface area contributed by atoms with Crippen LogP contribution in [0.3, 0.4) is 0 Å². The van der Waals surface area contributed by atoms with E-state index in [1.54, 1.807) is 32.0 Å². The van der Waals surface area contributed by atoms with E-state index in [1.807, 2.05) is 0 Å². The Kier molecular flexibility index (Phi) is 6.21. The number of hydrogen-bond acceptors (Lipinski definition) is 5. The van der Waals surface area contributed by atoms with Gasteiger partial charge < -0.3 is 9.73 Å². The lowest BCUT2D eigenvalue weighted by Crippen LogP contribution is -2.32. The second kappa shape index (κ2) is 8.81. The lowest BCUT2D eigenvalue weighted by atomic mass is 10.0. The zero-order valence-corrected chi connectivity index (χ0v) is 16.9. The molecule has 0 aliphatic carbocycles. The van der Waals surface area contributed by atoms with Gasteiger partial charge in [-0.25, -0.2) is 14.4 Å². The number of amidine groups is 1. The number of halogens is 1. The number of amides is 1. The van der Waals surface area contributed by atoms with Crippen LogP contribution < -0.4 is 5.32 Å². The van der Waals surface area contributed by atoms with Gasteiger partial charge in [0, 0.05) is 19.4 Å². The molecule has 0 radical (unpaired) electrons. The van der Waals surface area contributed by atoms with Gasteiger partial charge in [0.05, 0.1) is 5.69 Å². The number of nitrogens with one attached hydrogen (secondary N) is 2. The lowest BCUT2D eigenvalue weighted by Gasteiger charge is -2.12. The number of aliphatic imine (C=N–C) groups is 1. The number of H-pyrrole nitrogens is 1. The highest BCUT2D eigenvalue weighted by atomic mass is 19.1. The van der Waals surface area contributed by atoms with Crippen molar-refractivity contribution in [2.24, 2.45) is 10.9 Å². The Balaban J connectivity index is 1.84. The number of benzene rings is 1. The maximum atomic E-state index is 13.1. The van der Waals surface area contributed by atoms with Gasteiger partial charge in [0.25, 0.3) is 5.91 Å². The third-order valence-corrected chi connectivity index (χ3v) is 4.58. The van der Waals surface area contributed by atoms with Gasteiger partial charge in [0.15, 0.2) is 17.4 Å². The normalized spacial score (nSPS) is 12.8. The number of aromatic amines is 1. The number of hydrogen-bond donors (Lipinski definition) is 2. The molecular formula is C21H24FN5O2. The Bertz CT molecular complexity index is 1020. The standard InChI is InChI=1S/C21H24FN5O2/c1-5-12(2)10-18(25-21(28)20-13(3)29-14(4)23-20)24-19-11-17(26-27-19)15-6-8-16(22)9-7-15/h6-9,11-12H,5,10H2,1-4H3,(H2,24,25,26,27,28). The Labute approximate surface area is 168 Å². The van der Waals surface area contributed by atoms with Crippen molar-refractivity contribution in [1.29, 1.82) is 0 Å². The van der Waals surface area contributed by atoms with E-state index in [0.717, 1.165) is 12.0 Å². The van der Waals surface area contributed by atoms with Crippen molar-refractivity contribution in [3.05, 3.63) is 53.5 Å². The Hall–Kier alpha value is -3.29. The predicted octanol–water partition coefficient (Wildman–Crippen LogP) is 4.72. The van der Waals surface area contributed by atoms with Crippen molar-refractivity contribution in [3.8, 4) is 11.3 Å². The molecule has 0 saturated heterocycles.